The van der Waals surface area contributed by atoms with Crippen molar-refractivity contribution in [3.05, 3.63) is 18.0 Å². The molecule has 0 aliphatic carbocycles. The van der Waals surface area contributed by atoms with Gasteiger partial charge in [-0.1, -0.05) is 5.16 Å². The third kappa shape index (κ3) is 6.42. The highest BCUT2D eigenvalue weighted by molar-refractivity contribution is 14.0. The molecule has 9 heteroatoms. The van der Waals surface area contributed by atoms with Gasteiger partial charge in [-0.15, -0.1) is 24.0 Å². The number of nitrogens with zero attached hydrogens (tertiary/aromatic N) is 4. The molecule has 0 aromatic carbocycles. The standard InChI is InChI=1S/C17H30N6O2.HI/c1-5-19-16(20-13-17(2,3)15(24)18-4)23-9-7-22(8-10-23)12-14-6-11-25-21-14;/h6,11H,5,7-10,12-13H2,1-4H3,(H,18,24)(H,19,20);1H. The molecule has 2 rings (SSSR count). The molecule has 0 bridgehead atoms. The van der Waals surface area contributed by atoms with E-state index < -0.39 is 5.41 Å². The van der Waals surface area contributed by atoms with Gasteiger partial charge in [-0.3, -0.25) is 14.7 Å². The minimum Gasteiger partial charge on any atom is -0.364 e. The average Bonchev–Trinajstić information content (AvgIpc) is 3.11. The average molecular weight is 478 g/mol. The van der Waals surface area contributed by atoms with Crippen molar-refractivity contribution in [2.24, 2.45) is 10.4 Å². The smallest absolute Gasteiger partial charge is 0.227 e. The topological polar surface area (TPSA) is 86.0 Å². The van der Waals surface area contributed by atoms with E-state index in [0.29, 0.717) is 6.54 Å². The second-order valence-corrected chi connectivity index (χ2v) is 6.89. The summed E-state index contributed by atoms with van der Waals surface area (Å²) in [6.45, 7) is 11.6. The summed E-state index contributed by atoms with van der Waals surface area (Å²) >= 11 is 0. The van der Waals surface area contributed by atoms with Crippen molar-refractivity contribution < 1.29 is 9.32 Å². The van der Waals surface area contributed by atoms with Crippen molar-refractivity contribution in [3.63, 3.8) is 0 Å². The zero-order chi connectivity index (χ0) is 18.3. The van der Waals surface area contributed by atoms with Gasteiger partial charge in [0.1, 0.15) is 6.26 Å². The van der Waals surface area contributed by atoms with Crippen LogP contribution >= 0.6 is 24.0 Å². The summed E-state index contributed by atoms with van der Waals surface area (Å²) in [4.78, 5) is 21.2. The molecule has 1 aromatic rings. The maximum atomic E-state index is 11.9. The van der Waals surface area contributed by atoms with Gasteiger partial charge in [0.25, 0.3) is 0 Å². The highest BCUT2D eigenvalue weighted by Gasteiger charge is 2.27. The van der Waals surface area contributed by atoms with Gasteiger partial charge in [0.15, 0.2) is 5.96 Å². The van der Waals surface area contributed by atoms with Gasteiger partial charge >= 0.3 is 0 Å². The molecular weight excluding hydrogens is 447 g/mol. The van der Waals surface area contributed by atoms with Gasteiger partial charge < -0.3 is 20.1 Å². The van der Waals surface area contributed by atoms with Gasteiger partial charge in [0.2, 0.25) is 5.91 Å². The van der Waals surface area contributed by atoms with Crippen LogP contribution in [0.15, 0.2) is 21.8 Å². The molecule has 1 fully saturated rings. The van der Waals surface area contributed by atoms with E-state index in [-0.39, 0.29) is 29.9 Å². The third-order valence-electron chi connectivity index (χ3n) is 4.35. The van der Waals surface area contributed by atoms with Crippen molar-refractivity contribution in [2.75, 3.05) is 46.3 Å². The van der Waals surface area contributed by atoms with Crippen molar-refractivity contribution >= 4 is 35.8 Å². The van der Waals surface area contributed by atoms with Crippen molar-refractivity contribution in [1.82, 2.24) is 25.6 Å². The lowest BCUT2D eigenvalue weighted by Gasteiger charge is -2.36. The maximum Gasteiger partial charge on any atom is 0.227 e. The molecule has 26 heavy (non-hydrogen) atoms. The zero-order valence-corrected chi connectivity index (χ0v) is 18.4. The van der Waals surface area contributed by atoms with Crippen LogP contribution in [0.4, 0.5) is 0 Å². The summed E-state index contributed by atoms with van der Waals surface area (Å²) in [7, 11) is 1.66. The van der Waals surface area contributed by atoms with Crippen LogP contribution in [0.3, 0.4) is 0 Å². The van der Waals surface area contributed by atoms with Crippen LogP contribution in [0.2, 0.25) is 0 Å². The van der Waals surface area contributed by atoms with E-state index in [1.54, 1.807) is 13.3 Å². The van der Waals surface area contributed by atoms with E-state index in [1.165, 1.54) is 0 Å². The first-order valence-corrected chi connectivity index (χ1v) is 8.83. The number of carbonyl (C=O) groups excluding carboxylic acids is 1. The first-order chi connectivity index (χ1) is 12.0. The fraction of sp³-hybridized carbons (Fsp3) is 0.706. The Bertz CT molecular complexity index is 568. The summed E-state index contributed by atoms with van der Waals surface area (Å²) in [5.41, 5.74) is 0.436. The fourth-order valence-corrected chi connectivity index (χ4v) is 2.77. The number of carbonyl (C=O) groups is 1. The number of nitrogens with one attached hydrogen (secondary N) is 2. The van der Waals surface area contributed by atoms with Crippen molar-refractivity contribution in [2.45, 2.75) is 27.3 Å². The fourth-order valence-electron chi connectivity index (χ4n) is 2.77. The number of hydrogen-bond acceptors (Lipinski definition) is 5. The molecule has 0 radical (unpaired) electrons. The van der Waals surface area contributed by atoms with E-state index in [0.717, 1.165) is 50.9 Å². The number of hydrogen-bond donors (Lipinski definition) is 2. The van der Waals surface area contributed by atoms with Crippen LogP contribution in [0, 0.1) is 5.41 Å². The molecule has 2 N–H and O–H groups in total. The molecule has 1 saturated heterocycles. The molecule has 1 amide bonds. The van der Waals surface area contributed by atoms with Crippen LogP contribution < -0.4 is 10.6 Å². The van der Waals surface area contributed by atoms with Gasteiger partial charge in [-0.2, -0.15) is 0 Å². The highest BCUT2D eigenvalue weighted by Crippen LogP contribution is 2.16. The van der Waals surface area contributed by atoms with E-state index in [9.17, 15) is 4.79 Å². The Hall–Kier alpha value is -1.36. The Morgan fingerprint density at radius 3 is 2.58 bits per heavy atom. The largest absolute Gasteiger partial charge is 0.364 e. The third-order valence-corrected chi connectivity index (χ3v) is 4.35. The van der Waals surface area contributed by atoms with E-state index >= 15 is 0 Å². The predicted octanol–water partition coefficient (Wildman–Crippen LogP) is 1.15. The molecule has 2 heterocycles. The van der Waals surface area contributed by atoms with Gasteiger partial charge in [0.05, 0.1) is 17.7 Å². The summed E-state index contributed by atoms with van der Waals surface area (Å²) in [6.07, 6.45) is 1.61. The molecule has 1 aromatic heterocycles. The molecule has 0 saturated carbocycles. The predicted molar refractivity (Wildman–Crippen MR) is 113 cm³/mol. The normalized spacial score (nSPS) is 16.2. The monoisotopic (exact) mass is 478 g/mol. The zero-order valence-electron chi connectivity index (χ0n) is 16.1. The van der Waals surface area contributed by atoms with Gasteiger partial charge in [-0.25, -0.2) is 0 Å². The summed E-state index contributed by atoms with van der Waals surface area (Å²) in [5.74, 6) is 0.880. The first kappa shape index (κ1) is 22.7. The maximum absolute atomic E-state index is 11.9. The minimum absolute atomic E-state index is 0. The summed E-state index contributed by atoms with van der Waals surface area (Å²) < 4.78 is 4.89. The highest BCUT2D eigenvalue weighted by atomic mass is 127. The SMILES string of the molecule is CCNC(=NCC(C)(C)C(=O)NC)N1CCN(Cc2ccon2)CC1.I. The van der Waals surface area contributed by atoms with Crippen LogP contribution in [-0.2, 0) is 11.3 Å². The number of aromatic nitrogens is 1. The van der Waals surface area contributed by atoms with Crippen LogP contribution in [0.5, 0.6) is 0 Å². The van der Waals surface area contributed by atoms with E-state index in [1.807, 2.05) is 19.9 Å². The second kappa shape index (κ2) is 10.7. The number of piperazine rings is 1. The molecule has 0 atom stereocenters. The molecule has 1 aliphatic rings. The Morgan fingerprint density at radius 2 is 2.04 bits per heavy atom. The van der Waals surface area contributed by atoms with Gasteiger partial charge in [0, 0.05) is 52.4 Å². The number of halogens is 1. The Balaban J connectivity index is 0.00000338. The lowest BCUT2D eigenvalue weighted by atomic mass is 9.93. The number of amides is 1. The summed E-state index contributed by atoms with van der Waals surface area (Å²) in [5, 5.41) is 10.0. The molecule has 0 spiro atoms. The van der Waals surface area contributed by atoms with Crippen molar-refractivity contribution in [3.8, 4) is 0 Å². The first-order valence-electron chi connectivity index (χ1n) is 8.83. The Morgan fingerprint density at radius 1 is 1.35 bits per heavy atom. The van der Waals surface area contributed by atoms with Crippen LogP contribution in [0.1, 0.15) is 26.5 Å². The number of guanidine groups is 1. The van der Waals surface area contributed by atoms with Crippen LogP contribution in [0.25, 0.3) is 0 Å². The quantitative estimate of drug-likeness (QED) is 0.363. The van der Waals surface area contributed by atoms with Gasteiger partial charge in [-0.05, 0) is 20.8 Å². The lowest BCUT2D eigenvalue weighted by molar-refractivity contribution is -0.128. The molecular formula is C17H31IN6O2. The van der Waals surface area contributed by atoms with Crippen LogP contribution in [-0.4, -0.2) is 73.1 Å². The Kier molecular flexibility index (Phi) is 9.34. The lowest BCUT2D eigenvalue weighted by Crippen LogP contribution is -2.52. The number of aliphatic imine (C=N–C) groups is 1. The minimum atomic E-state index is -0.524. The molecule has 0 unspecified atom stereocenters. The molecule has 148 valence electrons. The Labute approximate surface area is 172 Å². The molecule has 8 nitrogen and oxygen atoms in total. The second-order valence-electron chi connectivity index (χ2n) is 6.89. The molecule has 1 aliphatic heterocycles. The summed E-state index contributed by atoms with van der Waals surface area (Å²) in [6, 6.07) is 1.90. The van der Waals surface area contributed by atoms with Crippen molar-refractivity contribution in [1.29, 1.82) is 0 Å². The number of rotatable bonds is 6. The van der Waals surface area contributed by atoms with E-state index in [2.05, 4.69) is 32.5 Å². The van der Waals surface area contributed by atoms with E-state index in [4.69, 9.17) is 9.52 Å².